The standard InChI is InChI=1S/C13H21N3O2/c14-10-11-3-7-15(8-4-11)12-2-1-6-16(9-5-12)13(17)18/h11-12H,1-9H2,(H,17,18)/t12-/m0/s1. The first-order valence-corrected chi connectivity index (χ1v) is 6.82. The van der Waals surface area contributed by atoms with Crippen molar-refractivity contribution in [1.29, 1.82) is 5.26 Å². The van der Waals surface area contributed by atoms with Gasteiger partial charge in [0.25, 0.3) is 0 Å². The Labute approximate surface area is 108 Å². The molecule has 1 atom stereocenters. The zero-order valence-electron chi connectivity index (χ0n) is 10.7. The molecule has 1 N–H and O–H groups in total. The van der Waals surface area contributed by atoms with Gasteiger partial charge >= 0.3 is 6.09 Å². The van der Waals surface area contributed by atoms with E-state index in [2.05, 4.69) is 11.0 Å². The number of likely N-dealkylation sites (tertiary alicyclic amines) is 2. The van der Waals surface area contributed by atoms with Gasteiger partial charge in [-0.15, -0.1) is 0 Å². The molecular formula is C13H21N3O2. The Hall–Kier alpha value is -1.28. The van der Waals surface area contributed by atoms with Crippen LogP contribution in [-0.2, 0) is 0 Å². The van der Waals surface area contributed by atoms with Crippen LogP contribution in [0.4, 0.5) is 4.79 Å². The molecule has 0 aromatic carbocycles. The van der Waals surface area contributed by atoms with Crippen LogP contribution in [0.2, 0.25) is 0 Å². The van der Waals surface area contributed by atoms with Crippen LogP contribution in [0.3, 0.4) is 0 Å². The molecule has 2 aliphatic heterocycles. The molecule has 100 valence electrons. The minimum Gasteiger partial charge on any atom is -0.465 e. The SMILES string of the molecule is N#CC1CCN([C@H]2CCCN(C(=O)O)CC2)CC1. The fourth-order valence-electron chi connectivity index (χ4n) is 3.03. The molecule has 5 nitrogen and oxygen atoms in total. The second-order valence-corrected chi connectivity index (χ2v) is 5.29. The third-order valence-electron chi connectivity index (χ3n) is 4.20. The molecule has 0 radical (unpaired) electrons. The molecule has 0 saturated carbocycles. The minimum absolute atomic E-state index is 0.225. The van der Waals surface area contributed by atoms with Crippen molar-refractivity contribution in [2.24, 2.45) is 5.92 Å². The summed E-state index contributed by atoms with van der Waals surface area (Å²) < 4.78 is 0. The predicted molar refractivity (Wildman–Crippen MR) is 67.1 cm³/mol. The summed E-state index contributed by atoms with van der Waals surface area (Å²) in [5.41, 5.74) is 0. The van der Waals surface area contributed by atoms with Crippen molar-refractivity contribution >= 4 is 6.09 Å². The maximum Gasteiger partial charge on any atom is 0.407 e. The highest BCUT2D eigenvalue weighted by Crippen LogP contribution is 2.23. The smallest absolute Gasteiger partial charge is 0.407 e. The maximum absolute atomic E-state index is 10.9. The summed E-state index contributed by atoms with van der Waals surface area (Å²) in [5.74, 6) is 0.225. The number of hydrogen-bond donors (Lipinski definition) is 1. The normalized spacial score (nSPS) is 27.5. The molecule has 0 aliphatic carbocycles. The van der Waals surface area contributed by atoms with Gasteiger partial charge in [-0.25, -0.2) is 4.79 Å². The molecule has 0 aromatic rings. The minimum atomic E-state index is -0.793. The monoisotopic (exact) mass is 251 g/mol. The molecule has 2 heterocycles. The number of hydrogen-bond acceptors (Lipinski definition) is 3. The molecule has 2 fully saturated rings. The summed E-state index contributed by atoms with van der Waals surface area (Å²) in [7, 11) is 0. The van der Waals surface area contributed by atoms with E-state index in [-0.39, 0.29) is 5.92 Å². The summed E-state index contributed by atoms with van der Waals surface area (Å²) in [6.07, 6.45) is 4.11. The van der Waals surface area contributed by atoms with E-state index >= 15 is 0 Å². The van der Waals surface area contributed by atoms with Crippen LogP contribution >= 0.6 is 0 Å². The molecule has 18 heavy (non-hydrogen) atoms. The van der Waals surface area contributed by atoms with Crippen molar-refractivity contribution in [3.8, 4) is 6.07 Å². The van der Waals surface area contributed by atoms with Crippen LogP contribution in [0.1, 0.15) is 32.1 Å². The molecular weight excluding hydrogens is 230 g/mol. The quantitative estimate of drug-likeness (QED) is 0.771. The first kappa shape index (κ1) is 13.2. The van der Waals surface area contributed by atoms with Crippen LogP contribution in [0.25, 0.3) is 0 Å². The lowest BCUT2D eigenvalue weighted by molar-refractivity contribution is 0.128. The predicted octanol–water partition coefficient (Wildman–Crippen LogP) is 1.75. The third-order valence-corrected chi connectivity index (χ3v) is 4.20. The van der Waals surface area contributed by atoms with Gasteiger partial charge in [0, 0.05) is 25.0 Å². The Balaban J connectivity index is 1.84. The lowest BCUT2D eigenvalue weighted by Gasteiger charge is -2.35. The Morgan fingerprint density at radius 2 is 1.83 bits per heavy atom. The van der Waals surface area contributed by atoms with Crippen LogP contribution in [-0.4, -0.2) is 53.2 Å². The lowest BCUT2D eigenvalue weighted by atomic mass is 9.95. The van der Waals surface area contributed by atoms with Gasteiger partial charge in [0.2, 0.25) is 0 Å². The van der Waals surface area contributed by atoms with Crippen molar-refractivity contribution in [3.63, 3.8) is 0 Å². The largest absolute Gasteiger partial charge is 0.465 e. The third kappa shape index (κ3) is 3.14. The van der Waals surface area contributed by atoms with Crippen molar-refractivity contribution < 1.29 is 9.90 Å². The number of carboxylic acid groups (broad SMARTS) is 1. The van der Waals surface area contributed by atoms with E-state index in [4.69, 9.17) is 10.4 Å². The van der Waals surface area contributed by atoms with E-state index in [1.807, 2.05) is 0 Å². The van der Waals surface area contributed by atoms with Crippen molar-refractivity contribution in [2.75, 3.05) is 26.2 Å². The summed E-state index contributed by atoms with van der Waals surface area (Å²) in [6, 6.07) is 2.86. The van der Waals surface area contributed by atoms with Gasteiger partial charge in [0.1, 0.15) is 0 Å². The van der Waals surface area contributed by atoms with E-state index < -0.39 is 6.09 Å². The molecule has 0 bridgehead atoms. The number of rotatable bonds is 1. The Morgan fingerprint density at radius 3 is 2.44 bits per heavy atom. The summed E-state index contributed by atoms with van der Waals surface area (Å²) in [5, 5.41) is 17.9. The molecule has 5 heteroatoms. The second kappa shape index (κ2) is 6.05. The van der Waals surface area contributed by atoms with Crippen molar-refractivity contribution in [1.82, 2.24) is 9.80 Å². The fraction of sp³-hybridized carbons (Fsp3) is 0.846. The fourth-order valence-corrected chi connectivity index (χ4v) is 3.03. The number of piperidine rings is 1. The molecule has 0 spiro atoms. The van der Waals surface area contributed by atoms with Gasteiger partial charge in [0.05, 0.1) is 6.07 Å². The van der Waals surface area contributed by atoms with Crippen molar-refractivity contribution in [2.45, 2.75) is 38.1 Å². The highest BCUT2D eigenvalue weighted by Gasteiger charge is 2.27. The topological polar surface area (TPSA) is 67.6 Å². The van der Waals surface area contributed by atoms with Gasteiger partial charge in [-0.2, -0.15) is 5.26 Å². The lowest BCUT2D eigenvalue weighted by Crippen LogP contribution is -2.42. The number of nitriles is 1. The molecule has 0 unspecified atom stereocenters. The molecule has 1 amide bonds. The average Bonchev–Trinajstić information content (AvgIpc) is 2.64. The number of carbonyl (C=O) groups is 1. The van der Waals surface area contributed by atoms with E-state index in [0.29, 0.717) is 19.1 Å². The maximum atomic E-state index is 10.9. The van der Waals surface area contributed by atoms with Crippen molar-refractivity contribution in [3.05, 3.63) is 0 Å². The summed E-state index contributed by atoms with van der Waals surface area (Å²) in [4.78, 5) is 14.9. The van der Waals surface area contributed by atoms with E-state index in [1.54, 1.807) is 0 Å². The molecule has 0 aromatic heterocycles. The van der Waals surface area contributed by atoms with Gasteiger partial charge in [-0.05, 0) is 45.2 Å². The van der Waals surface area contributed by atoms with Gasteiger partial charge in [0.15, 0.2) is 0 Å². The van der Waals surface area contributed by atoms with Crippen LogP contribution < -0.4 is 0 Å². The number of nitrogens with zero attached hydrogens (tertiary/aromatic N) is 3. The van der Waals surface area contributed by atoms with E-state index in [1.165, 1.54) is 4.90 Å². The van der Waals surface area contributed by atoms with Gasteiger partial charge in [-0.1, -0.05) is 0 Å². The van der Waals surface area contributed by atoms with Gasteiger partial charge < -0.3 is 14.9 Å². The Bertz CT molecular complexity index is 332. The van der Waals surface area contributed by atoms with E-state index in [9.17, 15) is 4.79 Å². The van der Waals surface area contributed by atoms with Crippen LogP contribution in [0.5, 0.6) is 0 Å². The highest BCUT2D eigenvalue weighted by atomic mass is 16.4. The first-order chi connectivity index (χ1) is 8.70. The van der Waals surface area contributed by atoms with Gasteiger partial charge in [-0.3, -0.25) is 0 Å². The first-order valence-electron chi connectivity index (χ1n) is 6.82. The highest BCUT2D eigenvalue weighted by molar-refractivity contribution is 5.64. The number of amides is 1. The zero-order valence-corrected chi connectivity index (χ0v) is 10.7. The Kier molecular flexibility index (Phi) is 4.43. The Morgan fingerprint density at radius 1 is 1.11 bits per heavy atom. The zero-order chi connectivity index (χ0) is 13.0. The second-order valence-electron chi connectivity index (χ2n) is 5.29. The average molecular weight is 251 g/mol. The summed E-state index contributed by atoms with van der Waals surface area (Å²) >= 11 is 0. The van der Waals surface area contributed by atoms with E-state index in [0.717, 1.165) is 45.2 Å². The summed E-state index contributed by atoms with van der Waals surface area (Å²) in [6.45, 7) is 3.31. The molecule has 2 rings (SSSR count). The molecule has 2 saturated heterocycles. The van der Waals surface area contributed by atoms with Crippen LogP contribution in [0.15, 0.2) is 0 Å². The molecule has 2 aliphatic rings. The van der Waals surface area contributed by atoms with Crippen LogP contribution in [0, 0.1) is 17.2 Å².